The van der Waals surface area contributed by atoms with Gasteiger partial charge in [-0.2, -0.15) is 5.26 Å². The first-order chi connectivity index (χ1) is 15.1. The van der Waals surface area contributed by atoms with Gasteiger partial charge in [-0.3, -0.25) is 9.89 Å². The number of rotatable bonds is 3. The van der Waals surface area contributed by atoms with Crippen molar-refractivity contribution in [1.29, 1.82) is 5.26 Å². The molecule has 5 rings (SSSR count). The van der Waals surface area contributed by atoms with Gasteiger partial charge in [0.25, 0.3) is 0 Å². The van der Waals surface area contributed by atoms with Gasteiger partial charge >= 0.3 is 0 Å². The molecule has 151 valence electrons. The Morgan fingerprint density at radius 2 is 1.87 bits per heavy atom. The minimum Gasteiger partial charge on any atom is -0.369 e. The number of nitrogens with zero attached hydrogens (tertiary/aromatic N) is 4. The molecule has 2 N–H and O–H groups in total. The van der Waals surface area contributed by atoms with Gasteiger partial charge in [0.05, 0.1) is 5.56 Å². The first-order valence-electron chi connectivity index (χ1n) is 10.1. The lowest BCUT2D eigenvalue weighted by atomic mass is 9.81. The van der Waals surface area contributed by atoms with Gasteiger partial charge in [-0.25, -0.2) is 9.38 Å². The molecule has 1 unspecified atom stereocenters. The highest BCUT2D eigenvalue weighted by molar-refractivity contribution is 6.12. The molecule has 2 aliphatic heterocycles. The van der Waals surface area contributed by atoms with Gasteiger partial charge in [-0.05, 0) is 52.9 Å². The van der Waals surface area contributed by atoms with E-state index in [-0.39, 0.29) is 5.56 Å². The minimum absolute atomic E-state index is 0.0159. The predicted octanol–water partition coefficient (Wildman–Crippen LogP) is 3.84. The van der Waals surface area contributed by atoms with E-state index in [1.165, 1.54) is 6.07 Å². The van der Waals surface area contributed by atoms with E-state index in [2.05, 4.69) is 6.07 Å². The minimum atomic E-state index is -0.867. The normalized spacial score (nSPS) is 19.9. The van der Waals surface area contributed by atoms with Crippen LogP contribution in [0.2, 0.25) is 0 Å². The summed E-state index contributed by atoms with van der Waals surface area (Å²) in [6, 6.07) is 25.1. The summed E-state index contributed by atoms with van der Waals surface area (Å²) in [6.07, 6.45) is 0.922. The van der Waals surface area contributed by atoms with Crippen LogP contribution in [0, 0.1) is 23.2 Å². The number of hydrogen-bond acceptors (Lipinski definition) is 5. The molecule has 0 amide bonds. The fraction of sp³-hybridized carbons (Fsp3) is 0.160. The Morgan fingerprint density at radius 1 is 1.06 bits per heavy atom. The van der Waals surface area contributed by atoms with E-state index >= 15 is 0 Å². The summed E-state index contributed by atoms with van der Waals surface area (Å²) in [7, 11) is 0. The van der Waals surface area contributed by atoms with Crippen LogP contribution in [-0.2, 0) is 5.54 Å². The van der Waals surface area contributed by atoms with E-state index in [1.54, 1.807) is 12.1 Å². The summed E-state index contributed by atoms with van der Waals surface area (Å²) < 4.78 is 13.8. The topological polar surface area (TPSA) is 77.8 Å². The molecule has 3 aromatic rings. The maximum absolute atomic E-state index is 13.8. The van der Waals surface area contributed by atoms with Crippen LogP contribution in [0.25, 0.3) is 11.1 Å². The Kier molecular flexibility index (Phi) is 4.52. The lowest BCUT2D eigenvalue weighted by molar-refractivity contribution is 0.531. The molecule has 0 fully saturated rings. The number of aliphatic imine (C=N–C) groups is 2. The number of nitrogens with two attached hydrogens (primary N) is 1. The van der Waals surface area contributed by atoms with Crippen molar-refractivity contribution < 1.29 is 4.39 Å². The van der Waals surface area contributed by atoms with Crippen molar-refractivity contribution in [3.63, 3.8) is 0 Å². The fourth-order valence-corrected chi connectivity index (χ4v) is 4.32. The molecule has 3 aromatic carbocycles. The first-order valence-corrected chi connectivity index (χ1v) is 10.1. The molecule has 0 aromatic heterocycles. The van der Waals surface area contributed by atoms with Crippen molar-refractivity contribution in [2.75, 3.05) is 13.1 Å². The Morgan fingerprint density at radius 3 is 2.68 bits per heavy atom. The number of amidine groups is 1. The molecule has 31 heavy (non-hydrogen) atoms. The van der Waals surface area contributed by atoms with E-state index < -0.39 is 11.4 Å². The maximum atomic E-state index is 13.8. The van der Waals surface area contributed by atoms with E-state index in [4.69, 9.17) is 15.7 Å². The van der Waals surface area contributed by atoms with Crippen molar-refractivity contribution in [2.24, 2.45) is 15.7 Å². The van der Waals surface area contributed by atoms with Gasteiger partial charge in [0, 0.05) is 13.1 Å². The average Bonchev–Trinajstić information content (AvgIpc) is 3.14. The second-order valence-electron chi connectivity index (χ2n) is 7.57. The molecular weight excluding hydrogens is 389 g/mol. The number of benzene rings is 3. The van der Waals surface area contributed by atoms with Gasteiger partial charge in [0.1, 0.15) is 17.7 Å². The van der Waals surface area contributed by atoms with E-state index in [9.17, 15) is 9.65 Å². The van der Waals surface area contributed by atoms with E-state index in [1.807, 2.05) is 59.5 Å². The maximum Gasteiger partial charge on any atom is 0.198 e. The zero-order valence-electron chi connectivity index (χ0n) is 16.7. The van der Waals surface area contributed by atoms with E-state index in [0.717, 1.165) is 47.6 Å². The standard InChI is InChI=1S/C25H19FN5/c26-22-11-10-18(14-19(22)16-27)17-6-4-9-21(15-17)25(20-7-2-1-3-8-20)23-29-12-5-13-31(23)24(28)30-25/h2-4,6-11,14-15H,5,12-13H2,(H2,28,30). The SMILES string of the molecule is N#Cc1cc(-c2cccc(C3(c4cc[c]cc4)N=C(N)N4CCCN=C43)c2)ccc1F. The molecule has 0 saturated heterocycles. The highest BCUT2D eigenvalue weighted by atomic mass is 19.1. The van der Waals surface area contributed by atoms with E-state index in [0.29, 0.717) is 5.96 Å². The van der Waals surface area contributed by atoms with Gasteiger partial charge < -0.3 is 5.73 Å². The molecule has 1 radical (unpaired) electrons. The lowest BCUT2D eigenvalue weighted by Gasteiger charge is -2.33. The van der Waals surface area contributed by atoms with Crippen molar-refractivity contribution in [2.45, 2.75) is 12.0 Å². The summed E-state index contributed by atoms with van der Waals surface area (Å²) in [6.45, 7) is 1.50. The second-order valence-corrected chi connectivity index (χ2v) is 7.57. The highest BCUT2D eigenvalue weighted by Crippen LogP contribution is 2.42. The zero-order chi connectivity index (χ0) is 21.4. The van der Waals surface area contributed by atoms with Crippen molar-refractivity contribution >= 4 is 11.8 Å². The van der Waals surface area contributed by atoms with Crippen LogP contribution in [0.3, 0.4) is 0 Å². The average molecular weight is 408 g/mol. The predicted molar refractivity (Wildman–Crippen MR) is 118 cm³/mol. The molecule has 0 bridgehead atoms. The molecule has 5 nitrogen and oxygen atoms in total. The van der Waals surface area contributed by atoms with Crippen molar-refractivity contribution in [3.05, 3.63) is 95.3 Å². The van der Waals surface area contributed by atoms with Crippen LogP contribution in [0.15, 0.2) is 76.7 Å². The highest BCUT2D eigenvalue weighted by Gasteiger charge is 2.49. The van der Waals surface area contributed by atoms with Gasteiger partial charge in [0.2, 0.25) is 0 Å². The van der Waals surface area contributed by atoms with Gasteiger partial charge in [0.15, 0.2) is 11.5 Å². The Bertz CT molecular complexity index is 1260. The molecule has 0 spiro atoms. The number of hydrogen-bond donors (Lipinski definition) is 1. The number of fused-ring (bicyclic) bond motifs is 1. The Hall–Kier alpha value is -3.98. The monoisotopic (exact) mass is 408 g/mol. The van der Waals surface area contributed by atoms with Crippen LogP contribution in [-0.4, -0.2) is 29.8 Å². The molecule has 0 saturated carbocycles. The summed E-state index contributed by atoms with van der Waals surface area (Å²) >= 11 is 0. The molecular formula is C25H19FN5. The van der Waals surface area contributed by atoms with Crippen LogP contribution in [0.4, 0.5) is 4.39 Å². The number of guanidine groups is 1. The van der Waals surface area contributed by atoms with Gasteiger partial charge in [-0.1, -0.05) is 48.5 Å². The lowest BCUT2D eigenvalue weighted by Crippen LogP contribution is -2.46. The van der Waals surface area contributed by atoms with Crippen LogP contribution >= 0.6 is 0 Å². The molecule has 2 heterocycles. The second kappa shape index (κ2) is 7.37. The summed E-state index contributed by atoms with van der Waals surface area (Å²) in [5, 5.41) is 9.22. The number of halogens is 1. The van der Waals surface area contributed by atoms with Gasteiger partial charge in [-0.15, -0.1) is 0 Å². The third-order valence-corrected chi connectivity index (χ3v) is 5.78. The molecule has 6 heteroatoms. The molecule has 1 atom stereocenters. The first kappa shape index (κ1) is 19.0. The summed E-state index contributed by atoms with van der Waals surface area (Å²) in [4.78, 5) is 11.8. The summed E-state index contributed by atoms with van der Waals surface area (Å²) in [5.41, 5.74) is 8.98. The molecule has 2 aliphatic rings. The van der Waals surface area contributed by atoms with Crippen LogP contribution < -0.4 is 5.73 Å². The molecule has 0 aliphatic carbocycles. The quantitative estimate of drug-likeness (QED) is 0.715. The fourth-order valence-electron chi connectivity index (χ4n) is 4.32. The van der Waals surface area contributed by atoms with Crippen LogP contribution in [0.5, 0.6) is 0 Å². The van der Waals surface area contributed by atoms with Crippen LogP contribution in [0.1, 0.15) is 23.1 Å². The summed E-state index contributed by atoms with van der Waals surface area (Å²) in [5.74, 6) is 0.737. The van der Waals surface area contributed by atoms with Crippen molar-refractivity contribution in [3.8, 4) is 17.2 Å². The smallest absolute Gasteiger partial charge is 0.198 e. The Balaban J connectivity index is 1.72. The third-order valence-electron chi connectivity index (χ3n) is 5.78. The Labute approximate surface area is 180 Å². The largest absolute Gasteiger partial charge is 0.369 e. The number of nitriles is 1. The van der Waals surface area contributed by atoms with Crippen molar-refractivity contribution in [1.82, 2.24) is 4.90 Å². The zero-order valence-corrected chi connectivity index (χ0v) is 16.7. The third kappa shape index (κ3) is 2.98.